The molecule has 0 aromatic rings. The average Bonchev–Trinajstić information content (AvgIpc) is 2.30. The Morgan fingerprint density at radius 3 is 2.09 bits per heavy atom. The lowest BCUT2D eigenvalue weighted by Gasteiger charge is -2.28. The lowest BCUT2D eigenvalue weighted by Crippen LogP contribution is -2.53. The lowest BCUT2D eigenvalue weighted by molar-refractivity contribution is -0.138. The number of rotatable bonds is 3. The number of alkyl halides is 7. The molecule has 0 aromatic heterocycles. The summed E-state index contributed by atoms with van der Waals surface area (Å²) in [7, 11) is -5.84. The maximum atomic E-state index is 12.5. The summed E-state index contributed by atoms with van der Waals surface area (Å²) < 4.78 is 106. The van der Waals surface area contributed by atoms with Crippen molar-refractivity contribution in [2.75, 3.05) is 6.54 Å². The van der Waals surface area contributed by atoms with E-state index in [1.54, 1.807) is 0 Å². The Morgan fingerprint density at radius 1 is 1.32 bits per heavy atom. The molecule has 130 valence electrons. The minimum Gasteiger partial charge on any atom is -0.368 e. The zero-order valence-corrected chi connectivity index (χ0v) is 11.0. The van der Waals surface area contributed by atoms with Crippen molar-refractivity contribution < 1.29 is 43.7 Å². The zero-order chi connectivity index (χ0) is 17.8. The number of hydrogen-bond donors (Lipinski definition) is 3. The van der Waals surface area contributed by atoms with Crippen molar-refractivity contribution in [3.05, 3.63) is 12.4 Å². The van der Waals surface area contributed by atoms with E-state index in [4.69, 9.17) is 18.7 Å². The van der Waals surface area contributed by atoms with Crippen LogP contribution >= 0.6 is 0 Å². The molecule has 7 nitrogen and oxygen atoms in total. The smallest absolute Gasteiger partial charge is 0.368 e. The molecule has 0 aliphatic carbocycles. The van der Waals surface area contributed by atoms with Crippen LogP contribution in [0.4, 0.5) is 30.7 Å². The van der Waals surface area contributed by atoms with Gasteiger partial charge >= 0.3 is 28.0 Å². The molecule has 0 aromatic carbocycles. The number of halogens is 7. The van der Waals surface area contributed by atoms with Gasteiger partial charge in [0.25, 0.3) is 0 Å². The van der Waals surface area contributed by atoms with E-state index in [-0.39, 0.29) is 5.96 Å². The van der Waals surface area contributed by atoms with Crippen LogP contribution in [0.15, 0.2) is 17.4 Å². The predicted octanol–water partition coefficient (Wildman–Crippen LogP) is 0.887. The minimum atomic E-state index is -5.84. The highest BCUT2D eigenvalue weighted by atomic mass is 32.2. The van der Waals surface area contributed by atoms with E-state index in [0.717, 1.165) is 0 Å². The van der Waals surface area contributed by atoms with E-state index < -0.39 is 34.5 Å². The van der Waals surface area contributed by atoms with Crippen LogP contribution in [0.3, 0.4) is 0 Å². The van der Waals surface area contributed by atoms with Crippen LogP contribution in [-0.4, -0.2) is 48.3 Å². The van der Waals surface area contributed by atoms with E-state index in [9.17, 15) is 30.7 Å². The first-order valence-electron chi connectivity index (χ1n) is 4.90. The maximum Gasteiger partial charge on any atom is 0.522 e. The van der Waals surface area contributed by atoms with Gasteiger partial charge in [0.2, 0.25) is 5.96 Å². The van der Waals surface area contributed by atoms with Crippen LogP contribution in [0.2, 0.25) is 0 Å². The maximum absolute atomic E-state index is 12.5. The molecule has 0 radical (unpaired) electrons. The molecule has 0 bridgehead atoms. The van der Waals surface area contributed by atoms with Crippen molar-refractivity contribution in [1.29, 1.82) is 0 Å². The van der Waals surface area contributed by atoms with Gasteiger partial charge in [0, 0.05) is 12.4 Å². The topological polar surface area (TPSA) is 108 Å². The largest absolute Gasteiger partial charge is 0.522 e. The Bertz CT molecular complexity index is 531. The molecule has 0 saturated heterocycles. The van der Waals surface area contributed by atoms with Gasteiger partial charge in [-0.15, -0.1) is 0 Å². The summed E-state index contributed by atoms with van der Waals surface area (Å²) in [6.45, 7) is -1.23. The molecule has 1 rings (SSSR count). The normalized spacial score (nSPS) is 15.9. The summed E-state index contributed by atoms with van der Waals surface area (Å²) >= 11 is 0. The van der Waals surface area contributed by atoms with E-state index in [2.05, 4.69) is 10.4 Å². The number of nitrogens with one attached hydrogen (secondary N) is 1. The molecule has 0 atom stereocenters. The first kappa shape index (κ1) is 20.2. The molecule has 15 heteroatoms. The molecule has 1 heterocycles. The van der Waals surface area contributed by atoms with Crippen molar-refractivity contribution in [1.82, 2.24) is 10.4 Å². The number of guanidine groups is 1. The Balaban J connectivity index is 0.000000472. The van der Waals surface area contributed by atoms with Crippen LogP contribution < -0.4 is 11.2 Å². The highest BCUT2D eigenvalue weighted by molar-refractivity contribution is 7.86. The van der Waals surface area contributed by atoms with Crippen LogP contribution in [0.1, 0.15) is 0 Å². The summed E-state index contributed by atoms with van der Waals surface area (Å²) in [6, 6.07) is 0. The van der Waals surface area contributed by atoms with Gasteiger partial charge in [-0.3, -0.25) is 9.56 Å². The molecule has 0 spiro atoms. The summed E-state index contributed by atoms with van der Waals surface area (Å²) in [5.74, 6) is -4.41. The van der Waals surface area contributed by atoms with Gasteiger partial charge < -0.3 is 11.2 Å². The molecule has 22 heavy (non-hydrogen) atoms. The van der Waals surface area contributed by atoms with Crippen LogP contribution in [-0.2, 0) is 10.1 Å². The molecule has 0 amide bonds. The SMILES string of the molecule is NC1=NC=CNN1CC(F)(F)C(F)F.O=S(=O)(O)C(F)(F)F. The molecule has 0 unspecified atom stereocenters. The Labute approximate surface area is 119 Å². The fourth-order valence-electron chi connectivity index (χ4n) is 0.779. The van der Waals surface area contributed by atoms with Gasteiger partial charge in [-0.05, 0) is 0 Å². The van der Waals surface area contributed by atoms with E-state index in [1.165, 1.54) is 12.4 Å². The van der Waals surface area contributed by atoms with Crippen molar-refractivity contribution in [3.63, 3.8) is 0 Å². The summed E-state index contributed by atoms with van der Waals surface area (Å²) in [5.41, 5.74) is 1.90. The standard InChI is InChI=1S/C6H8F4N4.CHF3O3S/c7-4(8)6(9,10)3-14-5(11)12-1-2-13-14;2-1(3,4)8(5,6)7/h1-2,4,13H,3H2,(H2,11,12);(H,5,6,7). The van der Waals surface area contributed by atoms with Crippen molar-refractivity contribution in [3.8, 4) is 0 Å². The number of nitrogens with two attached hydrogens (primary N) is 1. The average molecular weight is 362 g/mol. The van der Waals surface area contributed by atoms with Gasteiger partial charge in [-0.25, -0.2) is 13.8 Å². The highest BCUT2D eigenvalue weighted by Crippen LogP contribution is 2.23. The van der Waals surface area contributed by atoms with Crippen molar-refractivity contribution >= 4 is 16.1 Å². The van der Waals surface area contributed by atoms with Gasteiger partial charge in [0.15, 0.2) is 0 Å². The summed E-state index contributed by atoms with van der Waals surface area (Å²) in [5, 5.41) is 0.645. The van der Waals surface area contributed by atoms with E-state index in [1.807, 2.05) is 0 Å². The molecular formula is C7H9F7N4O3S. The first-order valence-corrected chi connectivity index (χ1v) is 6.34. The minimum absolute atomic E-state index is 0.284. The van der Waals surface area contributed by atoms with Gasteiger partial charge in [0.1, 0.15) is 6.54 Å². The molecule has 1 aliphatic rings. The molecule has 1 aliphatic heterocycles. The van der Waals surface area contributed by atoms with Crippen molar-refractivity contribution in [2.45, 2.75) is 17.9 Å². The second-order valence-electron chi connectivity index (χ2n) is 3.50. The third kappa shape index (κ3) is 6.33. The number of nitrogens with zero attached hydrogens (tertiary/aromatic N) is 2. The van der Waals surface area contributed by atoms with Gasteiger partial charge in [-0.2, -0.15) is 30.4 Å². The zero-order valence-electron chi connectivity index (χ0n) is 10.2. The fourth-order valence-corrected chi connectivity index (χ4v) is 0.779. The monoisotopic (exact) mass is 362 g/mol. The van der Waals surface area contributed by atoms with Crippen LogP contribution in [0.25, 0.3) is 0 Å². The first-order chi connectivity index (χ1) is 9.68. The quantitative estimate of drug-likeness (QED) is 0.391. The fraction of sp³-hybridized carbons (Fsp3) is 0.571. The summed E-state index contributed by atoms with van der Waals surface area (Å²) in [6.07, 6.45) is -1.30. The number of hydrazine groups is 1. The Kier molecular flexibility index (Phi) is 6.43. The van der Waals surface area contributed by atoms with E-state index in [0.29, 0.717) is 5.01 Å². The van der Waals surface area contributed by atoms with Crippen LogP contribution in [0.5, 0.6) is 0 Å². The Morgan fingerprint density at radius 2 is 1.77 bits per heavy atom. The van der Waals surface area contributed by atoms with Gasteiger partial charge in [0.05, 0.1) is 0 Å². The Hall–Kier alpha value is -1.77. The molecular weight excluding hydrogens is 353 g/mol. The molecule has 0 saturated carbocycles. The van der Waals surface area contributed by atoms with E-state index >= 15 is 0 Å². The highest BCUT2D eigenvalue weighted by Gasteiger charge is 2.44. The third-order valence-electron chi connectivity index (χ3n) is 1.77. The number of hydrogen-bond acceptors (Lipinski definition) is 6. The van der Waals surface area contributed by atoms with Crippen molar-refractivity contribution in [2.24, 2.45) is 10.7 Å². The van der Waals surface area contributed by atoms with Gasteiger partial charge in [-0.1, -0.05) is 0 Å². The third-order valence-corrected chi connectivity index (χ3v) is 2.35. The molecule has 0 fully saturated rings. The second kappa shape index (κ2) is 6.99. The lowest BCUT2D eigenvalue weighted by atomic mass is 10.3. The second-order valence-corrected chi connectivity index (χ2v) is 4.91. The number of aliphatic imine (C=N–C) groups is 1. The molecule has 4 N–H and O–H groups in total. The summed E-state index contributed by atoms with van der Waals surface area (Å²) in [4.78, 5) is 3.45. The predicted molar refractivity (Wildman–Crippen MR) is 59.2 cm³/mol. The van der Waals surface area contributed by atoms with Crippen LogP contribution in [0, 0.1) is 0 Å².